The Morgan fingerprint density at radius 2 is 0.900 bits per heavy atom. The number of hydrogen-bond acceptors (Lipinski definition) is 10. The summed E-state index contributed by atoms with van der Waals surface area (Å²) in [5.74, 6) is 0.763. The first-order valence-electron chi connectivity index (χ1n) is 20.7. The van der Waals surface area contributed by atoms with Crippen LogP contribution in [0.1, 0.15) is 150 Å². The molecule has 0 bridgehead atoms. The average molecular weight is 752 g/mol. The van der Waals surface area contributed by atoms with Crippen molar-refractivity contribution in [2.45, 2.75) is 156 Å². The smallest absolute Gasteiger partial charge is 0.381 e. The van der Waals surface area contributed by atoms with E-state index in [1.54, 1.807) is 0 Å². The van der Waals surface area contributed by atoms with Crippen molar-refractivity contribution < 1.29 is 37.0 Å². The van der Waals surface area contributed by atoms with Crippen LogP contribution in [0.4, 0.5) is 0 Å². The highest BCUT2D eigenvalue weighted by Gasteiger charge is 2.40. The van der Waals surface area contributed by atoms with E-state index in [9.17, 15) is 4.79 Å². The number of likely N-dealkylation sites (N-methyl/N-ethyl adjacent to an activating group) is 1. The Bertz CT molecular complexity index is 652. The number of carbonyl (C=O) groups is 1. The van der Waals surface area contributed by atoms with Crippen LogP contribution in [0.5, 0.6) is 0 Å². The van der Waals surface area contributed by atoms with Crippen LogP contribution in [-0.4, -0.2) is 105 Å². The van der Waals surface area contributed by atoms with Crippen molar-refractivity contribution in [1.29, 1.82) is 0 Å². The van der Waals surface area contributed by atoms with Crippen LogP contribution >= 0.6 is 11.8 Å². The molecule has 50 heavy (non-hydrogen) atoms. The number of rotatable bonds is 43. The SMILES string of the molecule is CCCCCCCC(=O)SCCC[Si](OCCCOCCCOCCCCCC)(OCCCOCCCOCCCCCC)OCCNCC. The predicted molar refractivity (Wildman–Crippen MR) is 212 cm³/mol. The highest BCUT2D eigenvalue weighted by molar-refractivity contribution is 8.13. The molecule has 0 aromatic rings. The second-order valence-electron chi connectivity index (χ2n) is 13.1. The molecule has 0 amide bonds. The quantitative estimate of drug-likeness (QED) is 0.0480. The van der Waals surface area contributed by atoms with E-state index in [0.717, 1.165) is 103 Å². The van der Waals surface area contributed by atoms with Crippen molar-refractivity contribution in [2.24, 2.45) is 0 Å². The van der Waals surface area contributed by atoms with E-state index >= 15 is 0 Å². The molecule has 0 fully saturated rings. The Balaban J connectivity index is 4.71. The maximum absolute atomic E-state index is 12.5. The Labute approximate surface area is 314 Å². The minimum atomic E-state index is -2.97. The molecule has 0 saturated heterocycles. The standard InChI is InChI=1S/C39H81NO8SSi/c1-5-9-12-15-16-24-39(41)49-37-23-38-50(48-36-25-40-8-4,46-34-21-32-44-30-19-28-42-26-17-13-10-6-2)47-35-22-33-45-31-20-29-43-27-18-14-11-7-3/h40H,5-38H2,1-4H3. The third-order valence-corrected chi connectivity index (χ3v) is 12.1. The van der Waals surface area contributed by atoms with Crippen molar-refractivity contribution in [3.8, 4) is 0 Å². The molecule has 0 aromatic carbocycles. The molecule has 0 saturated carbocycles. The monoisotopic (exact) mass is 752 g/mol. The fourth-order valence-corrected chi connectivity index (χ4v) is 8.87. The minimum Gasteiger partial charge on any atom is -0.381 e. The number of thioether (sulfide) groups is 1. The van der Waals surface area contributed by atoms with Gasteiger partial charge in [-0.15, -0.1) is 0 Å². The topological polar surface area (TPSA) is 93.7 Å². The molecule has 0 heterocycles. The lowest BCUT2D eigenvalue weighted by atomic mass is 10.1. The summed E-state index contributed by atoms with van der Waals surface area (Å²) in [6.07, 6.45) is 20.6. The van der Waals surface area contributed by atoms with Crippen molar-refractivity contribution in [2.75, 3.05) is 91.5 Å². The molecule has 11 heteroatoms. The first-order chi connectivity index (χ1) is 24.6. The Hall–Kier alpha value is -0.0831. The van der Waals surface area contributed by atoms with Gasteiger partial charge >= 0.3 is 8.80 Å². The van der Waals surface area contributed by atoms with Crippen LogP contribution in [0, 0.1) is 0 Å². The molecule has 0 aliphatic carbocycles. The van der Waals surface area contributed by atoms with Gasteiger partial charge in [0.1, 0.15) is 0 Å². The molecular weight excluding hydrogens is 671 g/mol. The van der Waals surface area contributed by atoms with E-state index in [2.05, 4.69) is 33.0 Å². The van der Waals surface area contributed by atoms with Gasteiger partial charge in [0.25, 0.3) is 0 Å². The molecule has 0 unspecified atom stereocenters. The van der Waals surface area contributed by atoms with Gasteiger partial charge in [-0.25, -0.2) is 0 Å². The van der Waals surface area contributed by atoms with Gasteiger partial charge in [0.2, 0.25) is 0 Å². The van der Waals surface area contributed by atoms with Gasteiger partial charge in [-0.1, -0.05) is 104 Å². The van der Waals surface area contributed by atoms with Gasteiger partial charge < -0.3 is 37.5 Å². The number of unbranched alkanes of at least 4 members (excludes halogenated alkanes) is 10. The molecule has 1 N–H and O–H groups in total. The molecule has 0 aromatic heterocycles. The second-order valence-corrected chi connectivity index (χ2v) is 16.9. The van der Waals surface area contributed by atoms with Crippen LogP contribution in [0.15, 0.2) is 0 Å². The largest absolute Gasteiger partial charge is 0.501 e. The molecule has 0 spiro atoms. The average Bonchev–Trinajstić information content (AvgIpc) is 3.12. The zero-order chi connectivity index (χ0) is 36.5. The number of carbonyl (C=O) groups excluding carboxylic acids is 1. The van der Waals surface area contributed by atoms with Gasteiger partial charge in [0.05, 0.1) is 6.61 Å². The molecule has 0 rings (SSSR count). The minimum absolute atomic E-state index is 0.293. The molecule has 0 atom stereocenters. The summed E-state index contributed by atoms with van der Waals surface area (Å²) in [6.45, 7) is 17.9. The summed E-state index contributed by atoms with van der Waals surface area (Å²) in [5, 5.41) is 3.64. The van der Waals surface area contributed by atoms with E-state index in [1.165, 1.54) is 69.5 Å². The first-order valence-corrected chi connectivity index (χ1v) is 23.6. The third kappa shape index (κ3) is 36.3. The number of ether oxygens (including phenoxy) is 4. The lowest BCUT2D eigenvalue weighted by Crippen LogP contribution is -2.48. The van der Waals surface area contributed by atoms with E-state index in [4.69, 9.17) is 32.2 Å². The van der Waals surface area contributed by atoms with E-state index in [0.29, 0.717) is 63.8 Å². The third-order valence-electron chi connectivity index (χ3n) is 8.17. The summed E-state index contributed by atoms with van der Waals surface area (Å²) in [4.78, 5) is 12.5. The highest BCUT2D eigenvalue weighted by atomic mass is 32.2. The maximum atomic E-state index is 12.5. The van der Waals surface area contributed by atoms with Crippen LogP contribution in [0.25, 0.3) is 0 Å². The molecule has 300 valence electrons. The van der Waals surface area contributed by atoms with Crippen LogP contribution in [0.3, 0.4) is 0 Å². The second kappa shape index (κ2) is 41.7. The Morgan fingerprint density at radius 1 is 0.480 bits per heavy atom. The van der Waals surface area contributed by atoms with E-state index < -0.39 is 8.80 Å². The zero-order valence-corrected chi connectivity index (χ0v) is 35.0. The fourth-order valence-electron chi connectivity index (χ4n) is 5.19. The molecule has 0 aliphatic rings. The zero-order valence-electron chi connectivity index (χ0n) is 33.2. The first kappa shape index (κ1) is 49.9. The number of hydrogen-bond donors (Lipinski definition) is 1. The fraction of sp³-hybridized carbons (Fsp3) is 0.974. The maximum Gasteiger partial charge on any atom is 0.501 e. The van der Waals surface area contributed by atoms with Gasteiger partial charge in [-0.2, -0.15) is 0 Å². The lowest BCUT2D eigenvalue weighted by Gasteiger charge is -2.30. The van der Waals surface area contributed by atoms with E-state index in [1.807, 2.05) is 0 Å². The molecule has 0 aliphatic heterocycles. The molecule has 9 nitrogen and oxygen atoms in total. The van der Waals surface area contributed by atoms with Crippen molar-refractivity contribution in [1.82, 2.24) is 5.32 Å². The summed E-state index contributed by atoms with van der Waals surface area (Å²) in [5.41, 5.74) is 0. The van der Waals surface area contributed by atoms with Gasteiger partial charge in [0, 0.05) is 90.8 Å². The molecular formula is C39H81NO8SSi. The number of nitrogens with one attached hydrogen (secondary N) is 1. The highest BCUT2D eigenvalue weighted by Crippen LogP contribution is 2.22. The summed E-state index contributed by atoms with van der Waals surface area (Å²) >= 11 is 1.45. The van der Waals surface area contributed by atoms with Crippen LogP contribution in [0.2, 0.25) is 6.04 Å². The van der Waals surface area contributed by atoms with Crippen LogP contribution in [-0.2, 0) is 37.0 Å². The molecule has 0 radical (unpaired) electrons. The van der Waals surface area contributed by atoms with Gasteiger partial charge in [-0.05, 0) is 57.9 Å². The lowest BCUT2D eigenvalue weighted by molar-refractivity contribution is -0.111. The van der Waals surface area contributed by atoms with Crippen molar-refractivity contribution in [3.63, 3.8) is 0 Å². The summed E-state index contributed by atoms with van der Waals surface area (Å²) in [7, 11) is -2.97. The van der Waals surface area contributed by atoms with Gasteiger partial charge in [-0.3, -0.25) is 4.79 Å². The van der Waals surface area contributed by atoms with Crippen molar-refractivity contribution in [3.05, 3.63) is 0 Å². The Morgan fingerprint density at radius 3 is 1.38 bits per heavy atom. The predicted octanol–water partition coefficient (Wildman–Crippen LogP) is 9.38. The van der Waals surface area contributed by atoms with Gasteiger partial charge in [0.15, 0.2) is 5.12 Å². The van der Waals surface area contributed by atoms with E-state index in [-0.39, 0.29) is 0 Å². The van der Waals surface area contributed by atoms with Crippen LogP contribution < -0.4 is 5.32 Å². The normalized spacial score (nSPS) is 11.9. The Kier molecular flexibility index (Phi) is 41.6. The summed E-state index contributed by atoms with van der Waals surface area (Å²) < 4.78 is 42.7. The van der Waals surface area contributed by atoms with Crippen molar-refractivity contribution >= 4 is 25.7 Å². The summed E-state index contributed by atoms with van der Waals surface area (Å²) in [6, 6.07) is 0.697.